The minimum absolute atomic E-state index is 0.0179. The number of hydrogen-bond acceptors (Lipinski definition) is 4. The molecule has 0 saturated carbocycles. The molecule has 0 aliphatic carbocycles. The lowest BCUT2D eigenvalue weighted by Crippen LogP contribution is -2.12. The Balaban J connectivity index is 2.08. The maximum Gasteiger partial charge on any atom is 0.416 e. The number of hydrogen-bond donors (Lipinski definition) is 1. The van der Waals surface area contributed by atoms with E-state index < -0.39 is 30.3 Å². The van der Waals surface area contributed by atoms with E-state index in [2.05, 4.69) is 0 Å². The number of alkyl halides is 4. The first kappa shape index (κ1) is 29.0. The second kappa shape index (κ2) is 11.6. The molecule has 1 heterocycles. The number of benzene rings is 3. The number of methoxy groups -OCH3 is 2. The zero-order valence-corrected chi connectivity index (χ0v) is 22.3. The van der Waals surface area contributed by atoms with Gasteiger partial charge >= 0.3 is 6.18 Å². The molecule has 0 aliphatic rings. The quantitative estimate of drug-likeness (QED) is 0.222. The van der Waals surface area contributed by atoms with Crippen molar-refractivity contribution in [2.24, 2.45) is 0 Å². The fourth-order valence-corrected chi connectivity index (χ4v) is 4.68. The molecule has 0 aliphatic heterocycles. The predicted octanol–water partition coefficient (Wildman–Crippen LogP) is 8.27. The lowest BCUT2D eigenvalue weighted by atomic mass is 9.84. The fourth-order valence-electron chi connectivity index (χ4n) is 4.68. The third-order valence-corrected chi connectivity index (χ3v) is 6.65. The van der Waals surface area contributed by atoms with Crippen molar-refractivity contribution in [2.75, 3.05) is 14.2 Å². The fraction of sp³-hybridized carbons (Fsp3) is 0.258. The number of aliphatic hydroxyl groups excluding tert-OH is 1. The molecular weight excluding hydrogens is 529 g/mol. The first-order valence-corrected chi connectivity index (χ1v) is 12.5. The molecule has 40 heavy (non-hydrogen) atoms. The molecule has 4 aromatic rings. The first-order valence-electron chi connectivity index (χ1n) is 12.5. The molecule has 9 heteroatoms. The molecule has 0 bridgehead atoms. The number of aromatic nitrogens is 1. The Morgan fingerprint density at radius 1 is 0.900 bits per heavy atom. The molecule has 1 unspecified atom stereocenters. The van der Waals surface area contributed by atoms with E-state index in [1.54, 1.807) is 18.2 Å². The van der Waals surface area contributed by atoms with Crippen molar-refractivity contribution >= 4 is 0 Å². The van der Waals surface area contributed by atoms with E-state index in [0.29, 0.717) is 34.0 Å². The molecule has 0 spiro atoms. The highest BCUT2D eigenvalue weighted by molar-refractivity contribution is 5.82. The van der Waals surface area contributed by atoms with Crippen LogP contribution in [0.3, 0.4) is 0 Å². The van der Waals surface area contributed by atoms with Crippen LogP contribution in [0, 0.1) is 5.82 Å². The Bertz CT molecular complexity index is 1480. The molecule has 4 rings (SSSR count). The van der Waals surface area contributed by atoms with Crippen LogP contribution in [0.25, 0.3) is 22.4 Å². The third kappa shape index (κ3) is 5.65. The summed E-state index contributed by atoms with van der Waals surface area (Å²) in [5.41, 5.74) is 1.19. The van der Waals surface area contributed by atoms with Gasteiger partial charge in [-0.2, -0.15) is 13.2 Å². The zero-order valence-electron chi connectivity index (χ0n) is 22.3. The predicted molar refractivity (Wildman–Crippen MR) is 143 cm³/mol. The summed E-state index contributed by atoms with van der Waals surface area (Å²) < 4.78 is 80.9. The average Bonchev–Trinajstić information content (AvgIpc) is 2.95. The summed E-state index contributed by atoms with van der Waals surface area (Å²) in [6.07, 6.45) is -6.48. The van der Waals surface area contributed by atoms with Gasteiger partial charge < -0.3 is 14.6 Å². The summed E-state index contributed by atoms with van der Waals surface area (Å²) in [7, 11) is 2.97. The minimum atomic E-state index is -4.57. The zero-order chi connectivity index (χ0) is 29.2. The SMILES string of the molecule is COc1ccc(OC)c(-c2nc(C(C)C)c(C(F)c3ccc(C(F)(F)F)cc3)c(-c3ccc(F)cc3)c2CO)c1. The van der Waals surface area contributed by atoms with Crippen molar-refractivity contribution in [3.05, 3.63) is 100 Å². The molecular formula is C31H28F5NO3. The monoisotopic (exact) mass is 557 g/mol. The number of nitrogens with zero attached hydrogens (tertiary/aromatic N) is 1. The molecule has 0 fully saturated rings. The lowest BCUT2D eigenvalue weighted by molar-refractivity contribution is -0.137. The van der Waals surface area contributed by atoms with E-state index in [1.807, 2.05) is 13.8 Å². The standard InChI is InChI=1S/C31H28F5NO3/c1-17(2)29-27(28(33)19-5-9-20(10-6-19)31(34,35)36)26(18-7-11-21(32)12-8-18)24(16-38)30(37-29)23-15-22(39-3)13-14-25(23)40-4/h5-15,17,28,38H,16H2,1-4H3. The topological polar surface area (TPSA) is 51.6 Å². The average molecular weight is 558 g/mol. The number of ether oxygens (including phenoxy) is 2. The van der Waals surface area contributed by atoms with Crippen LogP contribution in [0.2, 0.25) is 0 Å². The van der Waals surface area contributed by atoms with Gasteiger partial charge in [-0.25, -0.2) is 8.78 Å². The van der Waals surface area contributed by atoms with Gasteiger partial charge in [-0.3, -0.25) is 4.98 Å². The Labute approximate surface area is 229 Å². The van der Waals surface area contributed by atoms with Crippen molar-refractivity contribution < 1.29 is 36.5 Å². The Morgan fingerprint density at radius 2 is 1.55 bits per heavy atom. The number of rotatable bonds is 8. The van der Waals surface area contributed by atoms with E-state index in [1.165, 1.54) is 38.5 Å². The summed E-state index contributed by atoms with van der Waals surface area (Å²) in [5.74, 6) is 0.0661. The first-order chi connectivity index (χ1) is 19.0. The van der Waals surface area contributed by atoms with Gasteiger partial charge in [0.2, 0.25) is 0 Å². The maximum absolute atomic E-state index is 16.5. The van der Waals surface area contributed by atoms with E-state index >= 15 is 4.39 Å². The summed E-state index contributed by atoms with van der Waals surface area (Å²) in [6.45, 7) is 3.05. The van der Waals surface area contributed by atoms with Gasteiger partial charge in [0, 0.05) is 16.7 Å². The minimum Gasteiger partial charge on any atom is -0.497 e. The molecule has 0 saturated heterocycles. The van der Waals surface area contributed by atoms with Crippen LogP contribution >= 0.6 is 0 Å². The summed E-state index contributed by atoms with van der Waals surface area (Å²) in [4.78, 5) is 4.81. The normalized spacial score (nSPS) is 12.5. The summed E-state index contributed by atoms with van der Waals surface area (Å²) in [6, 6.07) is 14.2. The highest BCUT2D eigenvalue weighted by Gasteiger charge is 2.32. The van der Waals surface area contributed by atoms with Gasteiger partial charge in [0.25, 0.3) is 0 Å². The van der Waals surface area contributed by atoms with Crippen LogP contribution in [0.1, 0.15) is 53.9 Å². The van der Waals surface area contributed by atoms with Gasteiger partial charge in [0.05, 0.1) is 37.8 Å². The second-order valence-electron chi connectivity index (χ2n) is 9.48. The molecule has 0 radical (unpaired) electrons. The van der Waals surface area contributed by atoms with Gasteiger partial charge in [-0.1, -0.05) is 38.1 Å². The van der Waals surface area contributed by atoms with Gasteiger partial charge in [0.15, 0.2) is 6.17 Å². The van der Waals surface area contributed by atoms with Crippen LogP contribution in [-0.4, -0.2) is 24.3 Å². The van der Waals surface area contributed by atoms with Crippen molar-refractivity contribution in [3.63, 3.8) is 0 Å². The van der Waals surface area contributed by atoms with E-state index in [-0.39, 0.29) is 28.2 Å². The second-order valence-corrected chi connectivity index (χ2v) is 9.48. The molecule has 4 nitrogen and oxygen atoms in total. The van der Waals surface area contributed by atoms with Gasteiger partial charge in [-0.05, 0) is 65.1 Å². The number of aliphatic hydroxyl groups is 1. The van der Waals surface area contributed by atoms with E-state index in [9.17, 15) is 22.7 Å². The smallest absolute Gasteiger partial charge is 0.416 e. The molecule has 0 amide bonds. The molecule has 1 N–H and O–H groups in total. The summed E-state index contributed by atoms with van der Waals surface area (Å²) >= 11 is 0. The third-order valence-electron chi connectivity index (χ3n) is 6.65. The van der Waals surface area contributed by atoms with Crippen molar-refractivity contribution in [2.45, 2.75) is 38.7 Å². The highest BCUT2D eigenvalue weighted by Crippen LogP contribution is 2.46. The molecule has 1 aromatic heterocycles. The Hall–Kier alpha value is -3.98. The van der Waals surface area contributed by atoms with Gasteiger partial charge in [0.1, 0.15) is 17.3 Å². The summed E-state index contributed by atoms with van der Waals surface area (Å²) in [5, 5.41) is 10.7. The van der Waals surface area contributed by atoms with E-state index in [0.717, 1.165) is 24.3 Å². The Morgan fingerprint density at radius 3 is 2.08 bits per heavy atom. The molecule has 210 valence electrons. The van der Waals surface area contributed by atoms with Crippen LogP contribution in [0.5, 0.6) is 11.5 Å². The van der Waals surface area contributed by atoms with Gasteiger partial charge in [-0.15, -0.1) is 0 Å². The van der Waals surface area contributed by atoms with Crippen molar-refractivity contribution in [1.29, 1.82) is 0 Å². The number of halogens is 5. The highest BCUT2D eigenvalue weighted by atomic mass is 19.4. The van der Waals surface area contributed by atoms with E-state index in [4.69, 9.17) is 14.5 Å². The van der Waals surface area contributed by atoms with Crippen molar-refractivity contribution in [1.82, 2.24) is 4.98 Å². The Kier molecular flexibility index (Phi) is 8.44. The molecule has 3 aromatic carbocycles. The number of pyridine rings is 1. The van der Waals surface area contributed by atoms with Crippen LogP contribution < -0.4 is 9.47 Å². The van der Waals surface area contributed by atoms with Crippen LogP contribution in [0.4, 0.5) is 22.0 Å². The van der Waals surface area contributed by atoms with Crippen LogP contribution in [-0.2, 0) is 12.8 Å². The maximum atomic E-state index is 16.5. The van der Waals surface area contributed by atoms with Crippen LogP contribution in [0.15, 0.2) is 66.7 Å². The lowest BCUT2D eigenvalue weighted by Gasteiger charge is -2.26. The largest absolute Gasteiger partial charge is 0.497 e. The molecule has 1 atom stereocenters. The van der Waals surface area contributed by atoms with Crippen molar-refractivity contribution in [3.8, 4) is 33.9 Å².